The molecule has 0 saturated carbocycles. The Morgan fingerprint density at radius 1 is 0.322 bits per heavy atom. The van der Waals surface area contributed by atoms with E-state index in [9.17, 15) is 40.9 Å². The molecule has 0 spiro atoms. The molecule has 0 aromatic rings. The predicted octanol–water partition coefficient (Wildman–Crippen LogP) is 2.75. The van der Waals surface area contributed by atoms with Gasteiger partial charge in [0.2, 0.25) is 0 Å². The quantitative estimate of drug-likeness (QED) is 0.0327. The lowest BCUT2D eigenvalue weighted by Crippen LogP contribution is -2.47. The van der Waals surface area contributed by atoms with E-state index >= 15 is 0 Å². The van der Waals surface area contributed by atoms with Crippen LogP contribution >= 0.6 is 0 Å². The Bertz CT molecular complexity index is 1000. The molecule has 0 amide bonds. The van der Waals surface area contributed by atoms with Crippen LogP contribution in [-0.2, 0) is 33.2 Å². The molecule has 0 radical (unpaired) electrons. The van der Waals surface area contributed by atoms with Crippen LogP contribution in [0.3, 0.4) is 0 Å². The molecular formula is C44H88O15. The number of ether oxygens (including phenoxy) is 7. The van der Waals surface area contributed by atoms with Gasteiger partial charge in [0, 0.05) is 32.5 Å². The van der Waals surface area contributed by atoms with Gasteiger partial charge in [-0.3, -0.25) is 0 Å². The van der Waals surface area contributed by atoms with E-state index in [0.29, 0.717) is 58.2 Å². The summed E-state index contributed by atoms with van der Waals surface area (Å²) in [4.78, 5) is 0. The topological polar surface area (TPSA) is 226 Å². The second kappa shape index (κ2) is 30.3. The lowest BCUT2D eigenvalue weighted by molar-refractivity contribution is -0.169. The standard InChI is InChI=1S/C44H88O15/c1-9-17-53-32-42(14-6,34-58-36-43(15-7,37-59-44(16-8,24-51)25-52)35-55-27-39(11-3,20-47)21-48)33-57-31-41(13-5,23-50)30-56-29-40(12-4,22-49)28-54-26-38(10-2,18-45)19-46/h9,45-52H,1,10-37H2,2-8H3. The van der Waals surface area contributed by atoms with Gasteiger partial charge in [0.25, 0.3) is 0 Å². The third-order valence-electron chi connectivity index (χ3n) is 13.1. The number of aliphatic hydroxyl groups is 8. The molecule has 0 rings (SSSR count). The Kier molecular flexibility index (Phi) is 29.8. The first-order valence-corrected chi connectivity index (χ1v) is 21.8. The Morgan fingerprint density at radius 2 is 0.576 bits per heavy atom. The Hall–Kier alpha value is -0.860. The highest BCUT2D eigenvalue weighted by atomic mass is 16.5. The van der Waals surface area contributed by atoms with Gasteiger partial charge in [0.1, 0.15) is 5.60 Å². The van der Waals surface area contributed by atoms with Gasteiger partial charge in [-0.25, -0.2) is 0 Å². The maximum atomic E-state index is 10.7. The Balaban J connectivity index is 6.07. The highest BCUT2D eigenvalue weighted by Gasteiger charge is 2.40. The van der Waals surface area contributed by atoms with Gasteiger partial charge in [0.05, 0.1) is 139 Å². The monoisotopic (exact) mass is 857 g/mol. The van der Waals surface area contributed by atoms with Crippen LogP contribution in [0.5, 0.6) is 0 Å². The van der Waals surface area contributed by atoms with Crippen LogP contribution < -0.4 is 0 Å². The summed E-state index contributed by atoms with van der Waals surface area (Å²) >= 11 is 0. The van der Waals surface area contributed by atoms with Crippen LogP contribution in [0.15, 0.2) is 12.7 Å². The average Bonchev–Trinajstić information content (AvgIpc) is 3.28. The highest BCUT2D eigenvalue weighted by molar-refractivity contribution is 4.87. The van der Waals surface area contributed by atoms with Crippen molar-refractivity contribution in [1.29, 1.82) is 0 Å². The van der Waals surface area contributed by atoms with Crippen molar-refractivity contribution in [3.05, 3.63) is 12.7 Å². The highest BCUT2D eigenvalue weighted by Crippen LogP contribution is 2.33. The zero-order chi connectivity index (χ0) is 45.0. The lowest BCUT2D eigenvalue weighted by Gasteiger charge is -2.40. The summed E-state index contributed by atoms with van der Waals surface area (Å²) in [5.41, 5.74) is -5.47. The molecule has 0 saturated heterocycles. The Morgan fingerprint density at radius 3 is 0.814 bits per heavy atom. The predicted molar refractivity (Wildman–Crippen MR) is 227 cm³/mol. The summed E-state index contributed by atoms with van der Waals surface area (Å²) in [6.45, 7) is 17.8. The molecule has 0 heterocycles. The molecule has 0 aromatic heterocycles. The molecule has 59 heavy (non-hydrogen) atoms. The van der Waals surface area contributed by atoms with E-state index in [1.54, 1.807) is 6.08 Å². The van der Waals surface area contributed by atoms with Crippen molar-refractivity contribution < 1.29 is 74.0 Å². The summed E-state index contributed by atoms with van der Waals surface area (Å²) in [5.74, 6) is 0. The molecule has 0 aliphatic heterocycles. The van der Waals surface area contributed by atoms with E-state index in [1.807, 2.05) is 48.5 Å². The van der Waals surface area contributed by atoms with Crippen molar-refractivity contribution in [2.24, 2.45) is 32.5 Å². The zero-order valence-electron chi connectivity index (χ0n) is 38.0. The van der Waals surface area contributed by atoms with Gasteiger partial charge >= 0.3 is 0 Å². The molecular weight excluding hydrogens is 768 g/mol. The van der Waals surface area contributed by atoms with E-state index in [0.717, 1.165) is 0 Å². The molecule has 0 fully saturated rings. The molecule has 354 valence electrons. The van der Waals surface area contributed by atoms with Crippen molar-refractivity contribution in [2.45, 2.75) is 99.0 Å². The van der Waals surface area contributed by atoms with Crippen molar-refractivity contribution in [1.82, 2.24) is 0 Å². The molecule has 4 atom stereocenters. The maximum absolute atomic E-state index is 10.7. The van der Waals surface area contributed by atoms with Crippen LogP contribution in [0.4, 0.5) is 0 Å². The van der Waals surface area contributed by atoms with Crippen LogP contribution in [0.2, 0.25) is 0 Å². The fourth-order valence-electron chi connectivity index (χ4n) is 6.25. The molecule has 4 unspecified atom stereocenters. The third-order valence-corrected chi connectivity index (χ3v) is 13.1. The average molecular weight is 857 g/mol. The molecule has 15 heteroatoms. The smallest absolute Gasteiger partial charge is 0.114 e. The minimum Gasteiger partial charge on any atom is -0.396 e. The summed E-state index contributed by atoms with van der Waals surface area (Å²) in [6.07, 6.45) is 5.42. The minimum absolute atomic E-state index is 0.112. The molecule has 15 nitrogen and oxygen atoms in total. The van der Waals surface area contributed by atoms with E-state index in [1.165, 1.54) is 0 Å². The lowest BCUT2D eigenvalue weighted by atomic mass is 9.85. The minimum atomic E-state index is -1.14. The van der Waals surface area contributed by atoms with Gasteiger partial charge in [-0.2, -0.15) is 0 Å². The van der Waals surface area contributed by atoms with Crippen molar-refractivity contribution >= 4 is 0 Å². The van der Waals surface area contributed by atoms with Crippen LogP contribution in [0.1, 0.15) is 93.4 Å². The first-order chi connectivity index (χ1) is 28.2. The SMILES string of the molecule is C=CCOCC(CC)(COCC(CC)(CO)COCC(CC)(CO)COCC(CC)(CO)CO)COCC(CC)(COCC(CC)(CO)CO)COC(CC)(CO)CO. The van der Waals surface area contributed by atoms with E-state index in [2.05, 4.69) is 6.58 Å². The first kappa shape index (κ1) is 58.1. The number of hydrogen-bond acceptors (Lipinski definition) is 15. The van der Waals surface area contributed by atoms with Gasteiger partial charge in [-0.15, -0.1) is 6.58 Å². The van der Waals surface area contributed by atoms with E-state index in [-0.39, 0.29) is 126 Å². The van der Waals surface area contributed by atoms with Gasteiger partial charge < -0.3 is 74.0 Å². The van der Waals surface area contributed by atoms with Crippen molar-refractivity contribution in [3.63, 3.8) is 0 Å². The fraction of sp³-hybridized carbons (Fsp3) is 0.955. The maximum Gasteiger partial charge on any atom is 0.114 e. The van der Waals surface area contributed by atoms with Crippen molar-refractivity contribution in [3.8, 4) is 0 Å². The molecule has 0 aliphatic rings. The molecule has 0 aliphatic carbocycles. The summed E-state index contributed by atoms with van der Waals surface area (Å²) in [7, 11) is 0. The van der Waals surface area contributed by atoms with Crippen LogP contribution in [-0.4, -0.2) is 185 Å². The fourth-order valence-corrected chi connectivity index (χ4v) is 6.25. The zero-order valence-corrected chi connectivity index (χ0v) is 38.0. The second-order valence-corrected chi connectivity index (χ2v) is 17.5. The number of hydrogen-bond donors (Lipinski definition) is 8. The van der Waals surface area contributed by atoms with Crippen molar-refractivity contribution in [2.75, 3.05) is 139 Å². The normalized spacial score (nSPS) is 17.0. The Labute approximate surface area is 356 Å². The van der Waals surface area contributed by atoms with Gasteiger partial charge in [0.15, 0.2) is 0 Å². The third kappa shape index (κ3) is 18.4. The number of aliphatic hydroxyl groups excluding tert-OH is 8. The first-order valence-electron chi connectivity index (χ1n) is 21.8. The van der Waals surface area contributed by atoms with Crippen LogP contribution in [0, 0.1) is 32.5 Å². The summed E-state index contributed by atoms with van der Waals surface area (Å²) in [5, 5.41) is 80.9. The van der Waals surface area contributed by atoms with Crippen LogP contribution in [0.25, 0.3) is 0 Å². The molecule has 0 aromatic carbocycles. The molecule has 0 bridgehead atoms. The largest absolute Gasteiger partial charge is 0.396 e. The van der Waals surface area contributed by atoms with E-state index in [4.69, 9.17) is 33.2 Å². The summed E-state index contributed by atoms with van der Waals surface area (Å²) < 4.78 is 43.5. The van der Waals surface area contributed by atoms with E-state index < -0.39 is 38.1 Å². The van der Waals surface area contributed by atoms with Gasteiger partial charge in [-0.1, -0.05) is 54.5 Å². The number of rotatable bonds is 42. The molecule has 8 N–H and O–H groups in total. The second-order valence-electron chi connectivity index (χ2n) is 17.5. The van der Waals surface area contributed by atoms with Gasteiger partial charge in [-0.05, 0) is 44.9 Å². The summed E-state index contributed by atoms with van der Waals surface area (Å²) in [6, 6.07) is 0.